The first-order valence-electron chi connectivity index (χ1n) is 7.31. The highest BCUT2D eigenvalue weighted by Gasteiger charge is 2.15. The van der Waals surface area contributed by atoms with E-state index < -0.39 is 0 Å². The molecule has 110 valence electrons. The van der Waals surface area contributed by atoms with Gasteiger partial charge >= 0.3 is 0 Å². The van der Waals surface area contributed by atoms with Crippen LogP contribution in [0.25, 0.3) is 0 Å². The number of hydrazine groups is 1. The van der Waals surface area contributed by atoms with Gasteiger partial charge < -0.3 is 9.47 Å². The molecule has 1 atom stereocenters. The van der Waals surface area contributed by atoms with Gasteiger partial charge in [0, 0.05) is 6.04 Å². The monoisotopic (exact) mass is 276 g/mol. The van der Waals surface area contributed by atoms with Crippen molar-refractivity contribution in [1.29, 1.82) is 0 Å². The molecule has 3 N–H and O–H groups in total. The lowest BCUT2D eigenvalue weighted by Crippen LogP contribution is -2.28. The molecule has 4 heteroatoms. The summed E-state index contributed by atoms with van der Waals surface area (Å²) in [4.78, 5) is 0. The van der Waals surface area contributed by atoms with E-state index in [2.05, 4.69) is 18.1 Å². The molecule has 0 bridgehead atoms. The molecule has 0 aromatic heterocycles. The second-order valence-corrected chi connectivity index (χ2v) is 5.05. The van der Waals surface area contributed by atoms with E-state index in [1.807, 2.05) is 18.2 Å². The number of allylic oxidation sites excluding steroid dienone is 1. The minimum absolute atomic E-state index is 0.162. The minimum atomic E-state index is 0.162. The third kappa shape index (κ3) is 3.99. The van der Waals surface area contributed by atoms with Crippen LogP contribution in [0.4, 0.5) is 0 Å². The predicted octanol–water partition coefficient (Wildman–Crippen LogP) is 3.10. The number of hydrogen-bond acceptors (Lipinski definition) is 4. The highest BCUT2D eigenvalue weighted by Crippen LogP contribution is 2.33. The topological polar surface area (TPSA) is 56.5 Å². The van der Waals surface area contributed by atoms with Crippen molar-refractivity contribution in [2.45, 2.75) is 38.1 Å². The lowest BCUT2D eigenvalue weighted by Gasteiger charge is -2.22. The Bertz CT molecular complexity index is 434. The van der Waals surface area contributed by atoms with Gasteiger partial charge in [-0.05, 0) is 37.0 Å². The van der Waals surface area contributed by atoms with Gasteiger partial charge in [0.15, 0.2) is 11.5 Å². The molecular formula is C16H24N2O2. The Morgan fingerprint density at radius 3 is 2.75 bits per heavy atom. The molecule has 0 amide bonds. The van der Waals surface area contributed by atoms with E-state index in [0.29, 0.717) is 13.2 Å². The summed E-state index contributed by atoms with van der Waals surface area (Å²) in [5.41, 5.74) is 4.05. The van der Waals surface area contributed by atoms with Gasteiger partial charge in [0.05, 0.1) is 0 Å². The fraction of sp³-hybridized carbons (Fsp3) is 0.500. The van der Waals surface area contributed by atoms with Crippen molar-refractivity contribution in [2.75, 3.05) is 13.2 Å². The summed E-state index contributed by atoms with van der Waals surface area (Å²) in [7, 11) is 0. The fourth-order valence-corrected chi connectivity index (χ4v) is 2.44. The molecule has 0 saturated carbocycles. The molecule has 20 heavy (non-hydrogen) atoms. The van der Waals surface area contributed by atoms with Crippen LogP contribution in [0.5, 0.6) is 11.5 Å². The summed E-state index contributed by atoms with van der Waals surface area (Å²) < 4.78 is 11.1. The number of ether oxygens (including phenoxy) is 2. The Morgan fingerprint density at radius 1 is 1.20 bits per heavy atom. The predicted molar refractivity (Wildman–Crippen MR) is 80.8 cm³/mol. The van der Waals surface area contributed by atoms with Gasteiger partial charge in [-0.1, -0.05) is 25.0 Å². The molecule has 0 radical (unpaired) electrons. The van der Waals surface area contributed by atoms with Crippen molar-refractivity contribution < 1.29 is 9.47 Å². The molecule has 0 saturated heterocycles. The average Bonchev–Trinajstić information content (AvgIpc) is 2.50. The van der Waals surface area contributed by atoms with E-state index >= 15 is 0 Å². The van der Waals surface area contributed by atoms with Gasteiger partial charge in [-0.2, -0.15) is 0 Å². The number of rotatable bonds is 8. The summed E-state index contributed by atoms with van der Waals surface area (Å²) in [6.45, 7) is 4.97. The first kappa shape index (κ1) is 14.9. The third-order valence-electron chi connectivity index (χ3n) is 3.57. The van der Waals surface area contributed by atoms with Crippen LogP contribution in [0.1, 0.15) is 43.7 Å². The van der Waals surface area contributed by atoms with Gasteiger partial charge in [-0.25, -0.2) is 0 Å². The minimum Gasteiger partial charge on any atom is -0.486 e. The summed E-state index contributed by atoms with van der Waals surface area (Å²) in [5.74, 6) is 7.32. The van der Waals surface area contributed by atoms with E-state index in [4.69, 9.17) is 15.3 Å². The quantitative estimate of drug-likeness (QED) is 0.331. The summed E-state index contributed by atoms with van der Waals surface area (Å²) in [6.07, 6.45) is 7.63. The van der Waals surface area contributed by atoms with Gasteiger partial charge in [0.1, 0.15) is 13.2 Å². The molecule has 0 spiro atoms. The molecule has 4 nitrogen and oxygen atoms in total. The van der Waals surface area contributed by atoms with Crippen molar-refractivity contribution in [3.63, 3.8) is 0 Å². The van der Waals surface area contributed by atoms with Gasteiger partial charge in [0.25, 0.3) is 0 Å². The highest BCUT2D eigenvalue weighted by molar-refractivity contribution is 5.44. The second-order valence-electron chi connectivity index (χ2n) is 5.05. The molecule has 1 aromatic carbocycles. The molecule has 0 aliphatic carbocycles. The van der Waals surface area contributed by atoms with Gasteiger partial charge in [-0.3, -0.25) is 11.3 Å². The van der Waals surface area contributed by atoms with Crippen molar-refractivity contribution in [3.8, 4) is 11.5 Å². The SMILES string of the molecule is C=CCCCCCC(NN)c1ccc2c(c1)OCCO2. The highest BCUT2D eigenvalue weighted by atomic mass is 16.6. The second kappa shape index (κ2) is 7.92. The van der Waals surface area contributed by atoms with Crippen LogP contribution in [0.15, 0.2) is 30.9 Å². The lowest BCUT2D eigenvalue weighted by molar-refractivity contribution is 0.171. The first-order valence-corrected chi connectivity index (χ1v) is 7.31. The molecule has 0 fully saturated rings. The zero-order valence-electron chi connectivity index (χ0n) is 11.9. The van der Waals surface area contributed by atoms with E-state index in [1.54, 1.807) is 0 Å². The zero-order chi connectivity index (χ0) is 14.2. The molecule has 1 aliphatic heterocycles. The molecule has 1 aliphatic rings. The van der Waals surface area contributed by atoms with E-state index in [0.717, 1.165) is 36.3 Å². The summed E-state index contributed by atoms with van der Waals surface area (Å²) in [5, 5.41) is 0. The maximum atomic E-state index is 5.68. The Balaban J connectivity index is 1.91. The number of unbranched alkanes of at least 4 members (excludes halogenated alkanes) is 3. The van der Waals surface area contributed by atoms with E-state index in [-0.39, 0.29) is 6.04 Å². The Kier molecular flexibility index (Phi) is 5.89. The van der Waals surface area contributed by atoms with Crippen LogP contribution in [0, 0.1) is 0 Å². The van der Waals surface area contributed by atoms with Crippen molar-refractivity contribution in [1.82, 2.24) is 5.43 Å². The number of nitrogens with two attached hydrogens (primary N) is 1. The van der Waals surface area contributed by atoms with Crippen LogP contribution >= 0.6 is 0 Å². The van der Waals surface area contributed by atoms with Crippen LogP contribution in [-0.4, -0.2) is 13.2 Å². The first-order chi connectivity index (χ1) is 9.85. The fourth-order valence-electron chi connectivity index (χ4n) is 2.44. The molecule has 1 unspecified atom stereocenters. The smallest absolute Gasteiger partial charge is 0.161 e. The summed E-state index contributed by atoms with van der Waals surface area (Å²) >= 11 is 0. The average molecular weight is 276 g/mol. The van der Waals surface area contributed by atoms with Crippen LogP contribution in [-0.2, 0) is 0 Å². The third-order valence-corrected chi connectivity index (χ3v) is 3.57. The van der Waals surface area contributed by atoms with Crippen molar-refractivity contribution in [3.05, 3.63) is 36.4 Å². The van der Waals surface area contributed by atoms with Crippen LogP contribution in [0.2, 0.25) is 0 Å². The number of nitrogens with one attached hydrogen (secondary N) is 1. The van der Waals surface area contributed by atoms with Crippen LogP contribution in [0.3, 0.4) is 0 Å². The Hall–Kier alpha value is -1.52. The number of hydrogen-bond donors (Lipinski definition) is 2. The zero-order valence-corrected chi connectivity index (χ0v) is 11.9. The lowest BCUT2D eigenvalue weighted by atomic mass is 10.00. The normalized spacial score (nSPS) is 14.8. The maximum Gasteiger partial charge on any atom is 0.161 e. The largest absolute Gasteiger partial charge is 0.486 e. The van der Waals surface area contributed by atoms with Gasteiger partial charge in [0.2, 0.25) is 0 Å². The molecule has 2 rings (SSSR count). The Labute approximate surface area is 120 Å². The van der Waals surface area contributed by atoms with Gasteiger partial charge in [-0.15, -0.1) is 6.58 Å². The van der Waals surface area contributed by atoms with E-state index in [1.165, 1.54) is 12.8 Å². The number of fused-ring (bicyclic) bond motifs is 1. The van der Waals surface area contributed by atoms with E-state index in [9.17, 15) is 0 Å². The maximum absolute atomic E-state index is 5.68. The summed E-state index contributed by atoms with van der Waals surface area (Å²) in [6, 6.07) is 6.21. The Morgan fingerprint density at radius 2 is 2.00 bits per heavy atom. The van der Waals surface area contributed by atoms with Crippen LogP contribution < -0.4 is 20.7 Å². The molecule has 1 aromatic rings. The molecule has 1 heterocycles. The van der Waals surface area contributed by atoms with Crippen molar-refractivity contribution >= 4 is 0 Å². The molecular weight excluding hydrogens is 252 g/mol. The standard InChI is InChI=1S/C16H24N2O2/c1-2-3-4-5-6-7-14(18-17)13-8-9-15-16(12-13)20-11-10-19-15/h2,8-9,12,14,18H,1,3-7,10-11,17H2. The number of benzene rings is 1. The van der Waals surface area contributed by atoms with Crippen molar-refractivity contribution in [2.24, 2.45) is 5.84 Å².